The number of halogens is 6. The molecule has 1 fully saturated rings. The molecule has 2 N–H and O–H groups in total. The first-order valence-corrected chi connectivity index (χ1v) is 14.3. The minimum absolute atomic E-state index is 0.163. The highest BCUT2D eigenvalue weighted by Gasteiger charge is 2.44. The number of anilines is 1. The smallest absolute Gasteiger partial charge is 0.438 e. The summed E-state index contributed by atoms with van der Waals surface area (Å²) < 4.78 is 62.5. The minimum atomic E-state index is -4.88. The third-order valence-electron chi connectivity index (χ3n) is 7.71. The molecule has 13 heteroatoms. The Morgan fingerprint density at radius 1 is 1.07 bits per heavy atom. The number of amides is 2. The fraction of sp³-hybridized carbons (Fsp3) is 0.333. The highest BCUT2D eigenvalue weighted by Crippen LogP contribution is 2.44. The Morgan fingerprint density at radius 3 is 2.53 bits per heavy atom. The van der Waals surface area contributed by atoms with Crippen LogP contribution in [0.4, 0.5) is 28.0 Å². The molecule has 0 aromatic heterocycles. The molecule has 3 aromatic carbocycles. The molecule has 5 rings (SSSR count). The van der Waals surface area contributed by atoms with Crippen LogP contribution in [-0.2, 0) is 21.7 Å². The van der Waals surface area contributed by atoms with Gasteiger partial charge in [-0.1, -0.05) is 47.5 Å². The average Bonchev–Trinajstić information content (AvgIpc) is 2.95. The molecular formula is C30H27Cl2F4N3O4. The van der Waals surface area contributed by atoms with Crippen LogP contribution in [0.2, 0.25) is 10.0 Å². The van der Waals surface area contributed by atoms with Gasteiger partial charge in [0, 0.05) is 43.6 Å². The van der Waals surface area contributed by atoms with Crippen molar-refractivity contribution in [2.45, 2.75) is 43.7 Å². The van der Waals surface area contributed by atoms with Crippen LogP contribution in [0.1, 0.15) is 41.9 Å². The first-order valence-electron chi connectivity index (χ1n) is 13.5. The largest absolute Gasteiger partial charge is 0.573 e. The Morgan fingerprint density at radius 2 is 1.81 bits per heavy atom. The molecule has 228 valence electrons. The van der Waals surface area contributed by atoms with Crippen molar-refractivity contribution in [1.82, 2.24) is 10.2 Å². The van der Waals surface area contributed by atoms with E-state index in [4.69, 9.17) is 27.9 Å². The van der Waals surface area contributed by atoms with Gasteiger partial charge in [0.15, 0.2) is 0 Å². The number of piperidine rings is 1. The van der Waals surface area contributed by atoms with E-state index in [1.54, 1.807) is 24.3 Å². The molecule has 2 aliphatic heterocycles. The molecule has 2 heterocycles. The summed E-state index contributed by atoms with van der Waals surface area (Å²) in [4.78, 5) is 27.8. The van der Waals surface area contributed by atoms with Crippen molar-refractivity contribution in [1.29, 1.82) is 0 Å². The Hall–Kier alpha value is -3.54. The van der Waals surface area contributed by atoms with Gasteiger partial charge in [-0.3, -0.25) is 10.1 Å². The van der Waals surface area contributed by atoms with E-state index in [-0.39, 0.29) is 17.1 Å². The van der Waals surface area contributed by atoms with Crippen molar-refractivity contribution >= 4 is 40.9 Å². The number of fused-ring (bicyclic) bond motifs is 2. The highest BCUT2D eigenvalue weighted by atomic mass is 35.5. The summed E-state index contributed by atoms with van der Waals surface area (Å²) in [5, 5.41) is 5.93. The number of nitrogens with zero attached hydrogens (tertiary/aromatic N) is 1. The quantitative estimate of drug-likeness (QED) is 0.252. The van der Waals surface area contributed by atoms with Crippen LogP contribution in [0, 0.1) is 5.82 Å². The summed E-state index contributed by atoms with van der Waals surface area (Å²) in [6, 6.07) is 14.6. The molecule has 1 spiro atoms. The average molecular weight is 640 g/mol. The number of carbonyl (C=O) groups excluding carboxylic acids is 2. The number of carbonyl (C=O) groups is 2. The second kappa shape index (κ2) is 12.6. The molecule has 1 unspecified atom stereocenters. The Kier molecular flexibility index (Phi) is 9.05. The van der Waals surface area contributed by atoms with E-state index < -0.39 is 41.4 Å². The van der Waals surface area contributed by atoms with Crippen LogP contribution in [0.5, 0.6) is 5.75 Å². The van der Waals surface area contributed by atoms with Crippen molar-refractivity contribution in [2.75, 3.05) is 25.0 Å². The first kappa shape index (κ1) is 30.9. The van der Waals surface area contributed by atoms with Crippen LogP contribution >= 0.6 is 23.2 Å². The van der Waals surface area contributed by atoms with Crippen LogP contribution in [0.15, 0.2) is 60.7 Å². The summed E-state index contributed by atoms with van der Waals surface area (Å²) in [5.41, 5.74) is 0.912. The third-order valence-corrected chi connectivity index (χ3v) is 8.45. The maximum Gasteiger partial charge on any atom is 0.573 e. The molecule has 2 amide bonds. The molecule has 0 saturated carbocycles. The first-order chi connectivity index (χ1) is 20.4. The zero-order valence-corrected chi connectivity index (χ0v) is 24.2. The van der Waals surface area contributed by atoms with E-state index in [0.29, 0.717) is 60.7 Å². The molecule has 3 aromatic rings. The SMILES string of the molecule is O=C1Nc2ccc(F)cc2C2(CCN(CCC(C(=O)NCc3ccccc3OC(F)(F)F)c3ccc(Cl)c(Cl)c3)CC2)O1. The van der Waals surface area contributed by atoms with E-state index in [9.17, 15) is 27.2 Å². The van der Waals surface area contributed by atoms with Crippen LogP contribution < -0.4 is 15.4 Å². The topological polar surface area (TPSA) is 79.9 Å². The van der Waals surface area contributed by atoms with Gasteiger partial charge in [-0.15, -0.1) is 13.2 Å². The lowest BCUT2D eigenvalue weighted by Gasteiger charge is -2.44. The molecule has 0 aliphatic carbocycles. The van der Waals surface area contributed by atoms with E-state index >= 15 is 0 Å². The van der Waals surface area contributed by atoms with Gasteiger partial charge in [0.05, 0.1) is 21.7 Å². The van der Waals surface area contributed by atoms with E-state index in [2.05, 4.69) is 20.3 Å². The van der Waals surface area contributed by atoms with E-state index in [1.165, 1.54) is 36.4 Å². The van der Waals surface area contributed by atoms with E-state index in [0.717, 1.165) is 0 Å². The monoisotopic (exact) mass is 639 g/mol. The fourth-order valence-corrected chi connectivity index (χ4v) is 5.86. The van der Waals surface area contributed by atoms with Gasteiger partial charge in [-0.05, 0) is 54.9 Å². The Bertz CT molecular complexity index is 1510. The normalized spacial score (nSPS) is 17.0. The number of alkyl halides is 3. The number of likely N-dealkylation sites (tertiary alicyclic amines) is 1. The standard InChI is InChI=1S/C30H27Cl2F4N3O4/c31-23-7-5-18(15-24(23)32)21(27(40)37-17-19-3-1-2-4-26(19)42-30(34,35)36)9-12-39-13-10-29(11-14-39)22-16-20(33)6-8-25(22)38-28(41)43-29/h1-8,15-16,21H,9-14,17H2,(H,37,40)(H,38,41). The molecule has 1 atom stereocenters. The number of para-hydroxylation sites is 1. The van der Waals surface area contributed by atoms with Crippen LogP contribution in [0.3, 0.4) is 0 Å². The van der Waals surface area contributed by atoms with Gasteiger partial charge in [-0.25, -0.2) is 9.18 Å². The summed E-state index contributed by atoms with van der Waals surface area (Å²) in [5.74, 6) is -1.94. The second-order valence-electron chi connectivity index (χ2n) is 10.4. The van der Waals surface area contributed by atoms with Gasteiger partial charge >= 0.3 is 12.5 Å². The highest BCUT2D eigenvalue weighted by molar-refractivity contribution is 6.42. The Balaban J connectivity index is 1.28. The zero-order valence-electron chi connectivity index (χ0n) is 22.6. The van der Waals surface area contributed by atoms with Gasteiger partial charge < -0.3 is 19.7 Å². The fourth-order valence-electron chi connectivity index (χ4n) is 5.55. The molecule has 0 radical (unpaired) electrons. The summed E-state index contributed by atoms with van der Waals surface area (Å²) in [6.45, 7) is 1.32. The number of ether oxygens (including phenoxy) is 2. The van der Waals surface area contributed by atoms with Gasteiger partial charge in [0.2, 0.25) is 5.91 Å². The van der Waals surface area contributed by atoms with Gasteiger partial charge in [-0.2, -0.15) is 0 Å². The van der Waals surface area contributed by atoms with Crippen LogP contribution in [0.25, 0.3) is 0 Å². The number of hydrogen-bond donors (Lipinski definition) is 2. The molecule has 7 nitrogen and oxygen atoms in total. The lowest BCUT2D eigenvalue weighted by molar-refractivity contribution is -0.274. The van der Waals surface area contributed by atoms with Crippen molar-refractivity contribution in [3.63, 3.8) is 0 Å². The third kappa shape index (κ3) is 7.34. The summed E-state index contributed by atoms with van der Waals surface area (Å²) in [7, 11) is 0. The van der Waals surface area contributed by atoms with Crippen LogP contribution in [-0.4, -0.2) is 42.9 Å². The second-order valence-corrected chi connectivity index (χ2v) is 11.2. The maximum atomic E-state index is 14.1. The number of benzene rings is 3. The predicted octanol–water partition coefficient (Wildman–Crippen LogP) is 7.37. The van der Waals surface area contributed by atoms with Crippen molar-refractivity contribution < 1.29 is 36.6 Å². The molecule has 2 aliphatic rings. The molecule has 0 bridgehead atoms. The lowest BCUT2D eigenvalue weighted by atomic mass is 9.82. The zero-order chi connectivity index (χ0) is 30.8. The van der Waals surface area contributed by atoms with E-state index in [1.807, 2.05) is 0 Å². The molecule has 43 heavy (non-hydrogen) atoms. The summed E-state index contributed by atoms with van der Waals surface area (Å²) >= 11 is 12.3. The predicted molar refractivity (Wildman–Crippen MR) is 153 cm³/mol. The Labute approximate surface area is 255 Å². The number of rotatable bonds is 8. The van der Waals surface area contributed by atoms with Gasteiger partial charge in [0.25, 0.3) is 0 Å². The summed E-state index contributed by atoms with van der Waals surface area (Å²) in [6.07, 6.45) is -4.26. The lowest BCUT2D eigenvalue weighted by Crippen LogP contribution is -2.48. The number of hydrogen-bond acceptors (Lipinski definition) is 5. The molecular weight excluding hydrogens is 613 g/mol. The van der Waals surface area contributed by atoms with Gasteiger partial charge in [0.1, 0.15) is 17.2 Å². The van der Waals surface area contributed by atoms with Crippen molar-refractivity contribution in [3.05, 3.63) is 93.2 Å². The van der Waals surface area contributed by atoms with Crippen molar-refractivity contribution in [2.24, 2.45) is 0 Å². The number of nitrogens with one attached hydrogen (secondary N) is 2. The molecule has 1 saturated heterocycles. The van der Waals surface area contributed by atoms with Crippen molar-refractivity contribution in [3.8, 4) is 5.75 Å². The minimum Gasteiger partial charge on any atom is -0.438 e. The maximum absolute atomic E-state index is 14.1.